The maximum atomic E-state index is 14.1. The number of benzene rings is 3. The summed E-state index contributed by atoms with van der Waals surface area (Å²) in [6.45, 7) is 2.04. The van der Waals surface area contributed by atoms with Crippen LogP contribution >= 0.6 is 15.9 Å². The zero-order valence-electron chi connectivity index (χ0n) is 22.4. The number of carbonyl (C=O) groups is 2. The number of anilines is 1. The lowest BCUT2D eigenvalue weighted by Gasteiger charge is -2.33. The number of hydrogen-bond donors (Lipinski definition) is 1. The van der Waals surface area contributed by atoms with Crippen molar-refractivity contribution in [3.63, 3.8) is 0 Å². The van der Waals surface area contributed by atoms with E-state index in [9.17, 15) is 18.0 Å². The number of halogens is 1. The number of fused-ring (bicyclic) bond motifs is 1. The van der Waals surface area contributed by atoms with E-state index >= 15 is 0 Å². The number of rotatable bonds is 12. The van der Waals surface area contributed by atoms with Gasteiger partial charge in [-0.2, -0.15) is 0 Å². The van der Waals surface area contributed by atoms with Crippen molar-refractivity contribution in [3.05, 3.63) is 88.4 Å². The zero-order chi connectivity index (χ0) is 28.7. The lowest BCUT2D eigenvalue weighted by Crippen LogP contribution is -2.53. The van der Waals surface area contributed by atoms with Gasteiger partial charge >= 0.3 is 0 Å². The molecule has 0 saturated heterocycles. The fraction of sp³-hybridized carbons (Fsp3) is 0.310. The molecule has 9 nitrogen and oxygen atoms in total. The van der Waals surface area contributed by atoms with Crippen molar-refractivity contribution >= 4 is 43.5 Å². The van der Waals surface area contributed by atoms with Gasteiger partial charge in [-0.05, 0) is 41.8 Å². The molecular weight excluding hydrogens is 598 g/mol. The summed E-state index contributed by atoms with van der Waals surface area (Å²) in [6, 6.07) is 20.7. The third-order valence-corrected chi connectivity index (χ3v) is 8.02. The van der Waals surface area contributed by atoms with E-state index in [-0.39, 0.29) is 31.4 Å². The summed E-state index contributed by atoms with van der Waals surface area (Å²) in [7, 11) is -3.88. The minimum Gasteiger partial charge on any atom is -0.454 e. The molecule has 0 aliphatic carbocycles. The molecule has 0 bridgehead atoms. The average molecular weight is 631 g/mol. The van der Waals surface area contributed by atoms with Crippen LogP contribution in [0.4, 0.5) is 5.69 Å². The van der Waals surface area contributed by atoms with Crippen LogP contribution in [0, 0.1) is 0 Å². The number of ether oxygens (including phenoxy) is 2. The van der Waals surface area contributed by atoms with Gasteiger partial charge in [0.05, 0.1) is 11.9 Å². The summed E-state index contributed by atoms with van der Waals surface area (Å²) >= 11 is 3.47. The Morgan fingerprint density at radius 3 is 2.40 bits per heavy atom. The molecule has 3 aromatic carbocycles. The second kappa shape index (κ2) is 13.2. The summed E-state index contributed by atoms with van der Waals surface area (Å²) in [6.07, 6.45) is 2.04. The molecule has 1 aliphatic rings. The first kappa shape index (κ1) is 29.4. The van der Waals surface area contributed by atoms with Crippen molar-refractivity contribution in [3.8, 4) is 11.5 Å². The van der Waals surface area contributed by atoms with Crippen LogP contribution in [0.15, 0.2) is 77.3 Å². The quantitative estimate of drug-likeness (QED) is 0.323. The van der Waals surface area contributed by atoms with Gasteiger partial charge in [-0.3, -0.25) is 13.9 Å². The lowest BCUT2D eigenvalue weighted by molar-refractivity contribution is -0.140. The largest absolute Gasteiger partial charge is 0.454 e. The van der Waals surface area contributed by atoms with Crippen molar-refractivity contribution in [2.24, 2.45) is 0 Å². The average Bonchev–Trinajstić information content (AvgIpc) is 3.40. The van der Waals surface area contributed by atoms with Gasteiger partial charge in [-0.1, -0.05) is 65.3 Å². The molecule has 1 N–H and O–H groups in total. The van der Waals surface area contributed by atoms with E-state index < -0.39 is 28.5 Å². The summed E-state index contributed by atoms with van der Waals surface area (Å²) in [4.78, 5) is 29.1. The number of amides is 2. The summed E-state index contributed by atoms with van der Waals surface area (Å²) < 4.78 is 38.5. The van der Waals surface area contributed by atoms with Gasteiger partial charge in [0.15, 0.2) is 11.5 Å². The van der Waals surface area contributed by atoms with Crippen molar-refractivity contribution in [1.82, 2.24) is 10.2 Å². The summed E-state index contributed by atoms with van der Waals surface area (Å²) in [5, 5.41) is 2.92. The Balaban J connectivity index is 1.72. The van der Waals surface area contributed by atoms with Gasteiger partial charge in [0.25, 0.3) is 0 Å². The first-order valence-corrected chi connectivity index (χ1v) is 15.5. The van der Waals surface area contributed by atoms with E-state index in [2.05, 4.69) is 21.2 Å². The van der Waals surface area contributed by atoms with E-state index in [4.69, 9.17) is 9.47 Å². The monoisotopic (exact) mass is 629 g/mol. The predicted molar refractivity (Wildman–Crippen MR) is 157 cm³/mol. The van der Waals surface area contributed by atoms with Crippen LogP contribution in [-0.2, 0) is 32.6 Å². The Bertz CT molecular complexity index is 1450. The van der Waals surface area contributed by atoms with Crippen molar-refractivity contribution in [1.29, 1.82) is 0 Å². The molecule has 2 amide bonds. The normalized spacial score (nSPS) is 13.0. The highest BCUT2D eigenvalue weighted by atomic mass is 79.9. The van der Waals surface area contributed by atoms with E-state index in [0.717, 1.165) is 32.6 Å². The molecule has 40 heavy (non-hydrogen) atoms. The molecular formula is C29H32BrN3O6S. The Kier molecular flexibility index (Phi) is 9.70. The Hall–Kier alpha value is -3.57. The molecule has 1 heterocycles. The molecule has 0 radical (unpaired) electrons. The number of nitrogens with zero attached hydrogens (tertiary/aromatic N) is 2. The number of sulfonamides is 1. The van der Waals surface area contributed by atoms with E-state index in [1.54, 1.807) is 12.1 Å². The zero-order valence-corrected chi connectivity index (χ0v) is 24.8. The molecule has 0 spiro atoms. The molecule has 3 aromatic rings. The van der Waals surface area contributed by atoms with Crippen LogP contribution in [-0.4, -0.2) is 57.3 Å². The Morgan fingerprint density at radius 2 is 1.70 bits per heavy atom. The van der Waals surface area contributed by atoms with E-state index in [1.165, 1.54) is 11.0 Å². The SMILES string of the molecule is CCCNC(=O)[C@@H](Cc1ccccc1)N(Cc1cccc(Br)c1)C(=O)CN(c1ccc2c(c1)OCO2)S(C)(=O)=O. The lowest BCUT2D eigenvalue weighted by atomic mass is 10.0. The molecule has 0 saturated carbocycles. The smallest absolute Gasteiger partial charge is 0.244 e. The Morgan fingerprint density at radius 1 is 0.975 bits per heavy atom. The third kappa shape index (κ3) is 7.54. The van der Waals surface area contributed by atoms with Gasteiger partial charge in [0.2, 0.25) is 28.6 Å². The van der Waals surface area contributed by atoms with Crippen molar-refractivity contribution in [2.45, 2.75) is 32.4 Å². The fourth-order valence-corrected chi connectivity index (χ4v) is 5.69. The van der Waals surface area contributed by atoms with Crippen molar-refractivity contribution < 1.29 is 27.5 Å². The third-order valence-electron chi connectivity index (χ3n) is 6.39. The molecule has 0 aromatic heterocycles. The number of nitrogens with one attached hydrogen (secondary N) is 1. The maximum Gasteiger partial charge on any atom is 0.244 e. The molecule has 0 unspecified atom stereocenters. The van der Waals surface area contributed by atoms with Crippen LogP contribution < -0.4 is 19.1 Å². The van der Waals surface area contributed by atoms with Gasteiger partial charge in [-0.15, -0.1) is 0 Å². The maximum absolute atomic E-state index is 14.1. The van der Waals surface area contributed by atoms with Crippen LogP contribution in [0.2, 0.25) is 0 Å². The van der Waals surface area contributed by atoms with Crippen LogP contribution in [0.3, 0.4) is 0 Å². The molecule has 1 aliphatic heterocycles. The molecule has 11 heteroatoms. The first-order valence-electron chi connectivity index (χ1n) is 12.9. The van der Waals surface area contributed by atoms with E-state index in [1.807, 2.05) is 61.5 Å². The van der Waals surface area contributed by atoms with Crippen LogP contribution in [0.5, 0.6) is 11.5 Å². The minimum atomic E-state index is -3.88. The highest BCUT2D eigenvalue weighted by Gasteiger charge is 2.33. The van der Waals surface area contributed by atoms with Gasteiger partial charge < -0.3 is 19.7 Å². The molecule has 1 atom stereocenters. The topological polar surface area (TPSA) is 105 Å². The second-order valence-corrected chi connectivity index (χ2v) is 12.3. The fourth-order valence-electron chi connectivity index (χ4n) is 4.41. The standard InChI is InChI=1S/C29H32BrN3O6S/c1-3-14-31-29(35)25(16-21-8-5-4-6-9-21)32(18-22-10-7-11-23(30)15-22)28(34)19-33(40(2,36)37)24-12-13-26-27(17-24)39-20-38-26/h4-13,15,17,25H,3,14,16,18-20H2,1-2H3,(H,31,35)/t25-/m1/s1. The van der Waals surface area contributed by atoms with Gasteiger partial charge in [0.1, 0.15) is 12.6 Å². The van der Waals surface area contributed by atoms with E-state index in [0.29, 0.717) is 18.0 Å². The van der Waals surface area contributed by atoms with Crippen LogP contribution in [0.1, 0.15) is 24.5 Å². The van der Waals surface area contributed by atoms with Crippen molar-refractivity contribution in [2.75, 3.05) is 30.4 Å². The second-order valence-electron chi connectivity index (χ2n) is 9.46. The van der Waals surface area contributed by atoms with Crippen LogP contribution in [0.25, 0.3) is 0 Å². The number of hydrogen-bond acceptors (Lipinski definition) is 6. The minimum absolute atomic E-state index is 0.0328. The predicted octanol–water partition coefficient (Wildman–Crippen LogP) is 4.11. The Labute approximate surface area is 243 Å². The highest BCUT2D eigenvalue weighted by molar-refractivity contribution is 9.10. The highest BCUT2D eigenvalue weighted by Crippen LogP contribution is 2.36. The molecule has 0 fully saturated rings. The van der Waals surface area contributed by atoms with Gasteiger partial charge in [0, 0.05) is 30.0 Å². The summed E-state index contributed by atoms with van der Waals surface area (Å²) in [5.41, 5.74) is 1.93. The molecule has 212 valence electrons. The first-order chi connectivity index (χ1) is 19.2. The summed E-state index contributed by atoms with van der Waals surface area (Å²) in [5.74, 6) is 0.0690. The molecule has 4 rings (SSSR count). The van der Waals surface area contributed by atoms with Gasteiger partial charge in [-0.25, -0.2) is 8.42 Å². The number of carbonyl (C=O) groups excluding carboxylic acids is 2.